The lowest BCUT2D eigenvalue weighted by molar-refractivity contribution is 0.271. The molecule has 1 aliphatic heterocycles. The number of hydrogen-bond acceptors (Lipinski definition) is 8. The highest BCUT2D eigenvalue weighted by Gasteiger charge is 2.28. The van der Waals surface area contributed by atoms with E-state index in [1.807, 2.05) is 0 Å². The maximum Gasteiger partial charge on any atom is 0.301 e. The lowest BCUT2D eigenvalue weighted by atomic mass is 10.3. The zero-order chi connectivity index (χ0) is 20.4. The molecule has 4 rings (SSSR count). The number of hydrogen-bond donors (Lipinski definition) is 1. The molecule has 0 spiro atoms. The summed E-state index contributed by atoms with van der Waals surface area (Å²) in [5, 5.41) is 17.2. The molecule has 0 aliphatic carbocycles. The quantitative estimate of drug-likeness (QED) is 0.641. The molecule has 149 valence electrons. The Morgan fingerprint density at radius 3 is 2.86 bits per heavy atom. The number of alkyl halides is 1. The fourth-order valence-electron chi connectivity index (χ4n) is 2.76. The first-order chi connectivity index (χ1) is 14.1. The first-order valence-corrected chi connectivity index (χ1v) is 8.53. The van der Waals surface area contributed by atoms with Gasteiger partial charge in [-0.2, -0.15) is 4.98 Å². The summed E-state index contributed by atoms with van der Waals surface area (Å²) in [6.07, 6.45) is 0. The number of fused-ring (bicyclic) bond motifs is 1. The summed E-state index contributed by atoms with van der Waals surface area (Å²) in [7, 11) is 1.54. The largest absolute Gasteiger partial charge is 0.497 e. The van der Waals surface area contributed by atoms with E-state index in [2.05, 4.69) is 20.4 Å². The Kier molecular flexibility index (Phi) is 4.96. The van der Waals surface area contributed by atoms with E-state index in [9.17, 15) is 14.3 Å². The van der Waals surface area contributed by atoms with Gasteiger partial charge in [0.1, 0.15) is 24.0 Å². The third-order valence-corrected chi connectivity index (χ3v) is 4.06. The number of halogens is 1. The molecule has 0 unspecified atom stereocenters. The molecule has 11 heteroatoms. The molecule has 3 aromatic rings. The van der Waals surface area contributed by atoms with Crippen molar-refractivity contribution in [2.45, 2.75) is 13.2 Å². The number of ether oxygens (including phenoxy) is 2. The summed E-state index contributed by atoms with van der Waals surface area (Å²) in [5.74, 6) is 1.43. The van der Waals surface area contributed by atoms with Crippen molar-refractivity contribution in [3.05, 3.63) is 52.3 Å². The van der Waals surface area contributed by atoms with Crippen LogP contribution in [0.2, 0.25) is 0 Å². The lowest BCUT2D eigenvalue weighted by Crippen LogP contribution is -2.21. The normalized spacial score (nSPS) is 12.3. The van der Waals surface area contributed by atoms with Crippen LogP contribution in [-0.2, 0) is 13.2 Å². The highest BCUT2D eigenvalue weighted by atomic mass is 19.1. The van der Waals surface area contributed by atoms with Gasteiger partial charge in [0.15, 0.2) is 11.5 Å². The van der Waals surface area contributed by atoms with E-state index in [-0.39, 0.29) is 48.0 Å². The summed E-state index contributed by atoms with van der Waals surface area (Å²) in [5.41, 5.74) is -0.773. The van der Waals surface area contributed by atoms with Gasteiger partial charge in [-0.25, -0.2) is 14.7 Å². The number of aliphatic imine (C=N–C) groups is 1. The van der Waals surface area contributed by atoms with Gasteiger partial charge in [0.05, 0.1) is 19.8 Å². The minimum Gasteiger partial charge on any atom is -0.497 e. The molecule has 1 N–H and O–H groups in total. The molecule has 0 saturated heterocycles. The molecule has 1 radical (unpaired) electrons. The molecule has 0 saturated carbocycles. The van der Waals surface area contributed by atoms with Crippen LogP contribution in [0.1, 0.15) is 11.6 Å². The summed E-state index contributed by atoms with van der Waals surface area (Å²) in [6, 6.07) is 8.38. The fourth-order valence-corrected chi connectivity index (χ4v) is 2.76. The van der Waals surface area contributed by atoms with Crippen molar-refractivity contribution in [1.82, 2.24) is 20.0 Å². The molecule has 3 heterocycles. The van der Waals surface area contributed by atoms with Gasteiger partial charge in [0, 0.05) is 12.6 Å². The molecular formula is C18H15FN5O5. The first kappa shape index (κ1) is 18.6. The van der Waals surface area contributed by atoms with E-state index < -0.39 is 12.2 Å². The van der Waals surface area contributed by atoms with E-state index in [4.69, 9.17) is 14.0 Å². The van der Waals surface area contributed by atoms with Crippen molar-refractivity contribution in [3.8, 4) is 17.4 Å². The minimum atomic E-state index is -0.978. The molecule has 29 heavy (non-hydrogen) atoms. The number of amidine groups is 1. The number of aliphatic hydroxyl groups excluding tert-OH is 1. The average molecular weight is 400 g/mol. The maximum atomic E-state index is 13.2. The van der Waals surface area contributed by atoms with Gasteiger partial charge in [-0.15, -0.1) is 0 Å². The second-order valence-electron chi connectivity index (χ2n) is 5.87. The lowest BCUT2D eigenvalue weighted by Gasteiger charge is -2.11. The van der Waals surface area contributed by atoms with Crippen LogP contribution >= 0.6 is 0 Å². The standard InChI is InChI=1S/C18H15FN5O5/c1-27-10-3-2-4-11(7-10)28-14-8-12(29-23-14)16-21-15-17(22-16)24(5-6-25)13(9-19)20-18(15)26/h2-4,7-8,25H,5-6,9H2,1H3. The van der Waals surface area contributed by atoms with Crippen molar-refractivity contribution in [3.63, 3.8) is 0 Å². The average Bonchev–Trinajstić information content (AvgIpc) is 3.37. The second-order valence-corrected chi connectivity index (χ2v) is 5.87. The van der Waals surface area contributed by atoms with Crippen molar-refractivity contribution in [1.29, 1.82) is 0 Å². The topological polar surface area (TPSA) is 126 Å². The summed E-state index contributed by atoms with van der Waals surface area (Å²) < 4.78 is 30.5. The van der Waals surface area contributed by atoms with Crippen molar-refractivity contribution >= 4 is 17.3 Å². The smallest absolute Gasteiger partial charge is 0.301 e. The molecular weight excluding hydrogens is 385 g/mol. The number of benzene rings is 1. The third-order valence-electron chi connectivity index (χ3n) is 4.06. The predicted molar refractivity (Wildman–Crippen MR) is 98.0 cm³/mol. The van der Waals surface area contributed by atoms with E-state index >= 15 is 0 Å². The molecule has 0 amide bonds. The van der Waals surface area contributed by atoms with Crippen molar-refractivity contribution in [2.75, 3.05) is 13.7 Å². The second kappa shape index (κ2) is 7.72. The molecule has 0 atom stereocenters. The van der Waals surface area contributed by atoms with Gasteiger partial charge in [0.2, 0.25) is 11.6 Å². The van der Waals surface area contributed by atoms with Crippen LogP contribution < -0.4 is 20.3 Å². The fraction of sp³-hybridized carbons (Fsp3) is 0.222. The van der Waals surface area contributed by atoms with Crippen molar-refractivity contribution in [2.24, 2.45) is 4.99 Å². The van der Waals surface area contributed by atoms with Crippen LogP contribution in [0, 0.1) is 0 Å². The maximum absolute atomic E-state index is 13.2. The van der Waals surface area contributed by atoms with Gasteiger partial charge in [-0.1, -0.05) is 6.07 Å². The van der Waals surface area contributed by atoms with E-state index in [1.165, 1.54) is 10.6 Å². The van der Waals surface area contributed by atoms with Crippen LogP contribution in [0.5, 0.6) is 17.4 Å². The van der Waals surface area contributed by atoms with Gasteiger partial charge < -0.3 is 23.7 Å². The molecule has 1 aromatic carbocycles. The van der Waals surface area contributed by atoms with Gasteiger partial charge in [-0.05, 0) is 17.3 Å². The number of methoxy groups -OCH3 is 1. The van der Waals surface area contributed by atoms with Crippen LogP contribution in [0.25, 0.3) is 0 Å². The summed E-state index contributed by atoms with van der Waals surface area (Å²) in [6.45, 7) is -1.24. The Morgan fingerprint density at radius 2 is 2.10 bits per heavy atom. The third kappa shape index (κ3) is 3.55. The highest BCUT2D eigenvalue weighted by molar-refractivity contribution is 6.04. The monoisotopic (exact) mass is 400 g/mol. The molecule has 0 fully saturated rings. The Hall–Kier alpha value is -3.73. The van der Waals surface area contributed by atoms with E-state index in [0.29, 0.717) is 11.5 Å². The van der Waals surface area contributed by atoms with E-state index in [0.717, 1.165) is 0 Å². The van der Waals surface area contributed by atoms with Crippen molar-refractivity contribution < 1.29 is 23.5 Å². The number of rotatable bonds is 7. The summed E-state index contributed by atoms with van der Waals surface area (Å²) >= 11 is 0. The highest BCUT2D eigenvalue weighted by Crippen LogP contribution is 2.31. The zero-order valence-electron chi connectivity index (χ0n) is 15.2. The van der Waals surface area contributed by atoms with Crippen LogP contribution in [-0.4, -0.2) is 39.4 Å². The minimum absolute atomic E-state index is 0.0156. The molecule has 0 bridgehead atoms. The van der Waals surface area contributed by atoms with Gasteiger partial charge >= 0.3 is 5.56 Å². The number of aromatic nitrogens is 3. The predicted octanol–water partition coefficient (Wildman–Crippen LogP) is 1.82. The SMILES string of the molecule is COc1cccc(Oc2cc(C3=Nc4c(c(=O)nc(CF)n4CCO)[N]3)on2)c1. The Balaban J connectivity index is 1.62. The molecule has 10 nitrogen and oxygen atoms in total. The van der Waals surface area contributed by atoms with Gasteiger partial charge in [0.25, 0.3) is 5.88 Å². The van der Waals surface area contributed by atoms with Gasteiger partial charge in [-0.3, -0.25) is 4.79 Å². The first-order valence-electron chi connectivity index (χ1n) is 8.53. The number of nitrogens with zero attached hydrogens (tertiary/aromatic N) is 5. The zero-order valence-corrected chi connectivity index (χ0v) is 15.2. The Labute approximate surface area is 163 Å². The van der Waals surface area contributed by atoms with Crippen LogP contribution in [0.15, 0.2) is 44.6 Å². The number of aliphatic hydroxyl groups is 1. The Morgan fingerprint density at radius 1 is 1.28 bits per heavy atom. The Bertz CT molecular complexity index is 1140. The molecule has 2 aromatic heterocycles. The van der Waals surface area contributed by atoms with Crippen LogP contribution in [0.4, 0.5) is 15.9 Å². The van der Waals surface area contributed by atoms with Crippen LogP contribution in [0.3, 0.4) is 0 Å². The molecule has 1 aliphatic rings. The van der Waals surface area contributed by atoms with E-state index in [1.54, 1.807) is 31.4 Å². The summed E-state index contributed by atoms with van der Waals surface area (Å²) in [4.78, 5) is 20.0.